The van der Waals surface area contributed by atoms with Gasteiger partial charge in [-0.1, -0.05) is 6.07 Å². The van der Waals surface area contributed by atoms with E-state index in [1.807, 2.05) is 11.0 Å². The molecule has 0 radical (unpaired) electrons. The first-order valence-corrected chi connectivity index (χ1v) is 6.71. The fourth-order valence-corrected chi connectivity index (χ4v) is 2.61. The van der Waals surface area contributed by atoms with Crippen LogP contribution in [0.15, 0.2) is 18.2 Å². The molecule has 104 valence electrons. The van der Waals surface area contributed by atoms with Gasteiger partial charge in [-0.05, 0) is 38.3 Å². The van der Waals surface area contributed by atoms with Gasteiger partial charge < -0.3 is 14.4 Å². The molecule has 1 aromatic rings. The first-order chi connectivity index (χ1) is 9.19. The van der Waals surface area contributed by atoms with Crippen LogP contribution in [0, 0.1) is 0 Å². The summed E-state index contributed by atoms with van der Waals surface area (Å²) < 4.78 is 10.6. The third-order valence-electron chi connectivity index (χ3n) is 3.71. The number of piperidine rings is 1. The molecular weight excluding hydrogens is 242 g/mol. The summed E-state index contributed by atoms with van der Waals surface area (Å²) in [6.45, 7) is 2.90. The minimum absolute atomic E-state index is 0.00139. The Balaban J connectivity index is 2.36. The minimum Gasteiger partial charge on any atom is -0.496 e. The number of hydrogen-bond donors (Lipinski definition) is 0. The van der Waals surface area contributed by atoms with Crippen molar-refractivity contribution >= 4 is 5.91 Å². The first-order valence-electron chi connectivity index (χ1n) is 6.71. The third kappa shape index (κ3) is 2.67. The van der Waals surface area contributed by atoms with Gasteiger partial charge in [0.1, 0.15) is 17.1 Å². The van der Waals surface area contributed by atoms with E-state index < -0.39 is 0 Å². The molecule has 0 aromatic heterocycles. The van der Waals surface area contributed by atoms with Crippen molar-refractivity contribution in [2.24, 2.45) is 0 Å². The summed E-state index contributed by atoms with van der Waals surface area (Å²) in [4.78, 5) is 14.7. The van der Waals surface area contributed by atoms with E-state index in [0.717, 1.165) is 19.4 Å². The van der Waals surface area contributed by atoms with E-state index in [2.05, 4.69) is 6.92 Å². The normalized spacial score (nSPS) is 19.1. The predicted octanol–water partition coefficient (Wildman–Crippen LogP) is 2.72. The van der Waals surface area contributed by atoms with Crippen molar-refractivity contribution in [3.63, 3.8) is 0 Å². The van der Waals surface area contributed by atoms with Crippen LogP contribution in [0.1, 0.15) is 36.5 Å². The van der Waals surface area contributed by atoms with Gasteiger partial charge in [0.2, 0.25) is 0 Å². The summed E-state index contributed by atoms with van der Waals surface area (Å²) >= 11 is 0. The zero-order valence-electron chi connectivity index (χ0n) is 11.8. The Kier molecular flexibility index (Phi) is 4.30. The van der Waals surface area contributed by atoms with Crippen molar-refractivity contribution in [1.29, 1.82) is 0 Å². The molecule has 1 heterocycles. The molecule has 0 saturated carbocycles. The summed E-state index contributed by atoms with van der Waals surface area (Å²) in [5, 5.41) is 0. The molecule has 19 heavy (non-hydrogen) atoms. The van der Waals surface area contributed by atoms with Crippen molar-refractivity contribution < 1.29 is 14.3 Å². The third-order valence-corrected chi connectivity index (χ3v) is 3.71. The lowest BCUT2D eigenvalue weighted by Crippen LogP contribution is -2.42. The van der Waals surface area contributed by atoms with Crippen molar-refractivity contribution in [3.8, 4) is 11.5 Å². The maximum absolute atomic E-state index is 12.7. The monoisotopic (exact) mass is 263 g/mol. The van der Waals surface area contributed by atoms with Crippen LogP contribution in [0.3, 0.4) is 0 Å². The minimum atomic E-state index is 0.00139. The van der Waals surface area contributed by atoms with E-state index in [9.17, 15) is 4.79 Å². The lowest BCUT2D eigenvalue weighted by atomic mass is 10.0. The van der Waals surface area contributed by atoms with Crippen molar-refractivity contribution in [3.05, 3.63) is 23.8 Å². The lowest BCUT2D eigenvalue weighted by molar-refractivity contribution is 0.0628. The second-order valence-corrected chi connectivity index (χ2v) is 4.88. The Morgan fingerprint density at radius 1 is 1.21 bits per heavy atom. The van der Waals surface area contributed by atoms with Gasteiger partial charge in [0, 0.05) is 12.6 Å². The average Bonchev–Trinajstić information content (AvgIpc) is 2.46. The van der Waals surface area contributed by atoms with E-state index in [0.29, 0.717) is 17.1 Å². The van der Waals surface area contributed by atoms with Crippen LogP contribution in [-0.2, 0) is 0 Å². The molecule has 1 saturated heterocycles. The van der Waals surface area contributed by atoms with Crippen LogP contribution in [0.2, 0.25) is 0 Å². The van der Waals surface area contributed by atoms with E-state index in [4.69, 9.17) is 9.47 Å². The zero-order chi connectivity index (χ0) is 13.8. The number of methoxy groups -OCH3 is 2. The van der Waals surface area contributed by atoms with Crippen LogP contribution >= 0.6 is 0 Å². The summed E-state index contributed by atoms with van der Waals surface area (Å²) in [5.74, 6) is 1.14. The number of amides is 1. The van der Waals surface area contributed by atoms with Gasteiger partial charge in [-0.2, -0.15) is 0 Å². The molecule has 0 bridgehead atoms. The molecule has 1 aliphatic rings. The molecule has 4 nitrogen and oxygen atoms in total. The molecule has 1 aliphatic heterocycles. The van der Waals surface area contributed by atoms with Gasteiger partial charge >= 0.3 is 0 Å². The maximum atomic E-state index is 12.7. The Morgan fingerprint density at radius 2 is 1.84 bits per heavy atom. The predicted molar refractivity (Wildman–Crippen MR) is 73.9 cm³/mol. The lowest BCUT2D eigenvalue weighted by Gasteiger charge is -2.34. The van der Waals surface area contributed by atoms with E-state index >= 15 is 0 Å². The van der Waals surface area contributed by atoms with Gasteiger partial charge in [-0.3, -0.25) is 4.79 Å². The Labute approximate surface area is 114 Å². The number of carbonyl (C=O) groups excluding carboxylic acids is 1. The first kappa shape index (κ1) is 13.7. The summed E-state index contributed by atoms with van der Waals surface area (Å²) in [6.07, 6.45) is 3.31. The van der Waals surface area contributed by atoms with Gasteiger partial charge in [-0.15, -0.1) is 0 Å². The van der Waals surface area contributed by atoms with E-state index in [1.54, 1.807) is 26.4 Å². The molecule has 0 aliphatic carbocycles. The van der Waals surface area contributed by atoms with E-state index in [1.165, 1.54) is 6.42 Å². The van der Waals surface area contributed by atoms with E-state index in [-0.39, 0.29) is 11.9 Å². The molecule has 2 rings (SSSR count). The van der Waals surface area contributed by atoms with Crippen LogP contribution in [0.25, 0.3) is 0 Å². The van der Waals surface area contributed by atoms with Crippen molar-refractivity contribution in [1.82, 2.24) is 4.90 Å². The molecule has 1 amide bonds. The smallest absolute Gasteiger partial charge is 0.261 e. The number of nitrogens with zero attached hydrogens (tertiary/aromatic N) is 1. The highest BCUT2D eigenvalue weighted by Gasteiger charge is 2.28. The molecule has 0 spiro atoms. The van der Waals surface area contributed by atoms with Crippen LogP contribution < -0.4 is 9.47 Å². The Hall–Kier alpha value is -1.71. The van der Waals surface area contributed by atoms with Gasteiger partial charge in [0.15, 0.2) is 0 Å². The molecule has 0 unspecified atom stereocenters. The highest BCUT2D eigenvalue weighted by atomic mass is 16.5. The fraction of sp³-hybridized carbons (Fsp3) is 0.533. The summed E-state index contributed by atoms with van der Waals surface area (Å²) in [7, 11) is 3.15. The maximum Gasteiger partial charge on any atom is 0.261 e. The highest BCUT2D eigenvalue weighted by molar-refractivity contribution is 6.00. The molecular formula is C15H21NO3. The Bertz CT molecular complexity index is 436. The number of hydrogen-bond acceptors (Lipinski definition) is 3. The number of rotatable bonds is 3. The van der Waals surface area contributed by atoms with Crippen LogP contribution in [0.5, 0.6) is 11.5 Å². The number of benzene rings is 1. The molecule has 1 atom stereocenters. The number of carbonyl (C=O) groups is 1. The van der Waals surface area contributed by atoms with Gasteiger partial charge in [0.05, 0.1) is 14.2 Å². The summed E-state index contributed by atoms with van der Waals surface area (Å²) in [5.41, 5.74) is 0.529. The summed E-state index contributed by atoms with van der Waals surface area (Å²) in [6, 6.07) is 5.69. The van der Waals surface area contributed by atoms with Gasteiger partial charge in [-0.25, -0.2) is 0 Å². The molecule has 0 N–H and O–H groups in total. The Morgan fingerprint density at radius 3 is 2.37 bits per heavy atom. The second-order valence-electron chi connectivity index (χ2n) is 4.88. The SMILES string of the molecule is COc1cccc(OC)c1C(=O)N1CCCC[C@H]1C. The van der Waals surface area contributed by atoms with Crippen molar-refractivity contribution in [2.75, 3.05) is 20.8 Å². The molecule has 4 heteroatoms. The van der Waals surface area contributed by atoms with Crippen molar-refractivity contribution in [2.45, 2.75) is 32.2 Å². The quantitative estimate of drug-likeness (QED) is 0.841. The second kappa shape index (κ2) is 5.95. The van der Waals surface area contributed by atoms with Crippen LogP contribution in [-0.4, -0.2) is 37.6 Å². The van der Waals surface area contributed by atoms with Gasteiger partial charge in [0.25, 0.3) is 5.91 Å². The standard InChI is InChI=1S/C15H21NO3/c1-11-7-4-5-10-16(11)15(17)14-12(18-2)8-6-9-13(14)19-3/h6,8-9,11H,4-5,7,10H2,1-3H3/t11-/m1/s1. The molecule has 1 aromatic carbocycles. The number of likely N-dealkylation sites (tertiary alicyclic amines) is 1. The average molecular weight is 263 g/mol. The highest BCUT2D eigenvalue weighted by Crippen LogP contribution is 2.31. The largest absolute Gasteiger partial charge is 0.496 e. The fourth-order valence-electron chi connectivity index (χ4n) is 2.61. The molecule has 1 fully saturated rings. The zero-order valence-corrected chi connectivity index (χ0v) is 11.8. The number of ether oxygens (including phenoxy) is 2. The van der Waals surface area contributed by atoms with Crippen LogP contribution in [0.4, 0.5) is 0 Å². The topological polar surface area (TPSA) is 38.8 Å².